The van der Waals surface area contributed by atoms with Gasteiger partial charge in [0.25, 0.3) is 0 Å². The first kappa shape index (κ1) is 20.9. The second-order valence-electron chi connectivity index (χ2n) is 9.76. The lowest BCUT2D eigenvalue weighted by molar-refractivity contribution is 0.0191. The molecule has 9 nitrogen and oxygen atoms in total. The lowest BCUT2D eigenvalue weighted by Crippen LogP contribution is -2.55. The highest BCUT2D eigenvalue weighted by Gasteiger charge is 2.35. The number of benzene rings is 1. The van der Waals surface area contributed by atoms with Gasteiger partial charge in [-0.1, -0.05) is 6.07 Å². The van der Waals surface area contributed by atoms with Crippen molar-refractivity contribution in [2.45, 2.75) is 31.5 Å². The van der Waals surface area contributed by atoms with Crippen LogP contribution in [0, 0.1) is 0 Å². The SMILES string of the molecule is c1nc(-c2cnn(C3CN(C4CCN(Cc5ccc6c(c5)OCCO6)CC4)C3)c2)c2cc[nH]c2n1. The number of hydrogen-bond donors (Lipinski definition) is 1. The number of piperidine rings is 1. The molecule has 180 valence electrons. The molecule has 6 heterocycles. The molecule has 0 aliphatic carbocycles. The first-order valence-electron chi connectivity index (χ1n) is 12.5. The molecule has 0 spiro atoms. The van der Waals surface area contributed by atoms with Gasteiger partial charge in [0.2, 0.25) is 0 Å². The lowest BCUT2D eigenvalue weighted by atomic mass is 9.97. The molecule has 2 saturated heterocycles. The second kappa shape index (κ2) is 8.66. The molecule has 2 fully saturated rings. The third-order valence-corrected chi connectivity index (χ3v) is 7.58. The Hall–Kier alpha value is -3.43. The van der Waals surface area contributed by atoms with E-state index < -0.39 is 0 Å². The van der Waals surface area contributed by atoms with E-state index in [1.165, 1.54) is 18.4 Å². The molecule has 0 amide bonds. The highest BCUT2D eigenvalue weighted by molar-refractivity contribution is 5.89. The van der Waals surface area contributed by atoms with Crippen molar-refractivity contribution in [3.8, 4) is 22.8 Å². The van der Waals surface area contributed by atoms with Gasteiger partial charge in [-0.15, -0.1) is 0 Å². The van der Waals surface area contributed by atoms with Crippen LogP contribution in [0.5, 0.6) is 11.5 Å². The molecule has 0 unspecified atom stereocenters. The summed E-state index contributed by atoms with van der Waals surface area (Å²) in [6, 6.07) is 9.47. The van der Waals surface area contributed by atoms with Crippen molar-refractivity contribution in [3.63, 3.8) is 0 Å². The molecule has 3 aliphatic heterocycles. The summed E-state index contributed by atoms with van der Waals surface area (Å²) >= 11 is 0. The minimum atomic E-state index is 0.433. The Labute approximate surface area is 203 Å². The first-order chi connectivity index (χ1) is 17.3. The molecule has 9 heteroatoms. The Morgan fingerprint density at radius 2 is 1.83 bits per heavy atom. The van der Waals surface area contributed by atoms with Crippen molar-refractivity contribution >= 4 is 11.0 Å². The van der Waals surface area contributed by atoms with Crippen LogP contribution >= 0.6 is 0 Å². The summed E-state index contributed by atoms with van der Waals surface area (Å²) in [5.74, 6) is 1.75. The molecule has 3 aliphatic rings. The Balaban J connectivity index is 0.927. The number of ether oxygens (including phenoxy) is 2. The van der Waals surface area contributed by atoms with Gasteiger partial charge in [-0.05, 0) is 49.7 Å². The molecule has 7 rings (SSSR count). The molecule has 3 aromatic heterocycles. The zero-order valence-electron chi connectivity index (χ0n) is 19.6. The smallest absolute Gasteiger partial charge is 0.161 e. The first-order valence-corrected chi connectivity index (χ1v) is 12.5. The maximum absolute atomic E-state index is 5.75. The maximum Gasteiger partial charge on any atom is 0.161 e. The van der Waals surface area contributed by atoms with Crippen LogP contribution in [0.2, 0.25) is 0 Å². The molecule has 0 saturated carbocycles. The number of H-pyrrole nitrogens is 1. The van der Waals surface area contributed by atoms with Crippen molar-refractivity contribution in [1.82, 2.24) is 34.5 Å². The summed E-state index contributed by atoms with van der Waals surface area (Å²) in [5, 5.41) is 5.70. The van der Waals surface area contributed by atoms with Gasteiger partial charge in [-0.2, -0.15) is 5.10 Å². The Morgan fingerprint density at radius 3 is 2.71 bits per heavy atom. The van der Waals surface area contributed by atoms with Gasteiger partial charge < -0.3 is 14.5 Å². The monoisotopic (exact) mass is 471 g/mol. The summed E-state index contributed by atoms with van der Waals surface area (Å²) in [6.07, 6.45) is 10.00. The van der Waals surface area contributed by atoms with Crippen LogP contribution in [0.15, 0.2) is 49.2 Å². The summed E-state index contributed by atoms with van der Waals surface area (Å²) in [5.41, 5.74) is 4.14. The summed E-state index contributed by atoms with van der Waals surface area (Å²) in [6.45, 7) is 6.64. The predicted molar refractivity (Wildman–Crippen MR) is 131 cm³/mol. The molecule has 4 aromatic rings. The molecule has 0 bridgehead atoms. The average molecular weight is 472 g/mol. The number of nitrogens with zero attached hydrogens (tertiary/aromatic N) is 6. The summed E-state index contributed by atoms with van der Waals surface area (Å²) < 4.78 is 13.5. The molecule has 0 atom stereocenters. The number of nitrogens with one attached hydrogen (secondary N) is 1. The fourth-order valence-electron chi connectivity index (χ4n) is 5.60. The van der Waals surface area contributed by atoms with Crippen LogP contribution < -0.4 is 9.47 Å². The molecule has 1 N–H and O–H groups in total. The third kappa shape index (κ3) is 3.94. The van der Waals surface area contributed by atoms with Gasteiger partial charge in [0, 0.05) is 49.0 Å². The minimum absolute atomic E-state index is 0.433. The minimum Gasteiger partial charge on any atom is -0.486 e. The molecule has 0 radical (unpaired) electrons. The predicted octanol–water partition coefficient (Wildman–Crippen LogP) is 3.11. The van der Waals surface area contributed by atoms with Gasteiger partial charge in [-0.25, -0.2) is 9.97 Å². The normalized spacial score (nSPS) is 19.8. The van der Waals surface area contributed by atoms with Gasteiger partial charge in [-0.3, -0.25) is 14.5 Å². The summed E-state index contributed by atoms with van der Waals surface area (Å²) in [4.78, 5) is 17.1. The maximum atomic E-state index is 5.75. The standard InChI is InChI=1S/C26H29N7O2/c1-2-23-24(35-10-9-34-23)11-18(1)13-31-7-4-20(5-8-31)32-15-21(16-32)33-14-19(12-30-33)25-22-3-6-27-26(22)29-17-28-25/h1-3,6,11-12,14,17,20-21H,4-5,7-10,13,15-16H2,(H,27,28,29). The fourth-order valence-corrected chi connectivity index (χ4v) is 5.60. The van der Waals surface area contributed by atoms with E-state index in [4.69, 9.17) is 9.47 Å². The van der Waals surface area contributed by atoms with E-state index in [0.29, 0.717) is 25.3 Å². The van der Waals surface area contributed by atoms with Crippen LogP contribution in [0.3, 0.4) is 0 Å². The second-order valence-corrected chi connectivity index (χ2v) is 9.76. The highest BCUT2D eigenvalue weighted by atomic mass is 16.6. The van der Waals surface area contributed by atoms with Crippen LogP contribution in [0.4, 0.5) is 0 Å². The third-order valence-electron chi connectivity index (χ3n) is 7.58. The van der Waals surface area contributed by atoms with Gasteiger partial charge in [0.15, 0.2) is 11.5 Å². The van der Waals surface area contributed by atoms with Crippen molar-refractivity contribution in [3.05, 3.63) is 54.7 Å². The van der Waals surface area contributed by atoms with Crippen LogP contribution in [-0.2, 0) is 6.54 Å². The van der Waals surface area contributed by atoms with E-state index in [2.05, 4.69) is 52.9 Å². The van der Waals surface area contributed by atoms with Crippen LogP contribution in [-0.4, -0.2) is 80.0 Å². The van der Waals surface area contributed by atoms with E-state index >= 15 is 0 Å². The van der Waals surface area contributed by atoms with Crippen LogP contribution in [0.1, 0.15) is 24.4 Å². The van der Waals surface area contributed by atoms with Crippen LogP contribution in [0.25, 0.3) is 22.3 Å². The number of likely N-dealkylation sites (tertiary alicyclic amines) is 2. The van der Waals surface area contributed by atoms with Gasteiger partial charge in [0.05, 0.1) is 17.9 Å². The zero-order valence-corrected chi connectivity index (χ0v) is 19.6. The van der Waals surface area contributed by atoms with Gasteiger partial charge in [0.1, 0.15) is 25.2 Å². The molecular formula is C26H29N7O2. The lowest BCUT2D eigenvalue weighted by Gasteiger charge is -2.47. The van der Waals surface area contributed by atoms with E-state index in [-0.39, 0.29) is 0 Å². The van der Waals surface area contributed by atoms with Crippen molar-refractivity contribution in [2.24, 2.45) is 0 Å². The van der Waals surface area contributed by atoms with Gasteiger partial charge >= 0.3 is 0 Å². The quantitative estimate of drug-likeness (QED) is 0.479. The number of aromatic nitrogens is 5. The zero-order chi connectivity index (χ0) is 23.2. The van der Waals surface area contributed by atoms with E-state index in [1.807, 2.05) is 24.5 Å². The topological polar surface area (TPSA) is 84.3 Å². The van der Waals surface area contributed by atoms with E-state index in [9.17, 15) is 0 Å². The number of rotatable bonds is 5. The highest BCUT2D eigenvalue weighted by Crippen LogP contribution is 2.33. The van der Waals surface area contributed by atoms with E-state index in [1.54, 1.807) is 6.33 Å². The Bertz CT molecular complexity index is 1330. The summed E-state index contributed by atoms with van der Waals surface area (Å²) in [7, 11) is 0. The number of aromatic amines is 1. The average Bonchev–Trinajstić information content (AvgIpc) is 3.54. The molecule has 35 heavy (non-hydrogen) atoms. The van der Waals surface area contributed by atoms with Crippen molar-refractivity contribution in [1.29, 1.82) is 0 Å². The fraction of sp³-hybridized carbons (Fsp3) is 0.423. The number of hydrogen-bond acceptors (Lipinski definition) is 7. The van der Waals surface area contributed by atoms with Crippen molar-refractivity contribution < 1.29 is 9.47 Å². The molecule has 1 aromatic carbocycles. The Kier molecular flexibility index (Phi) is 5.17. The number of fused-ring (bicyclic) bond motifs is 2. The Morgan fingerprint density at radius 1 is 0.971 bits per heavy atom. The largest absolute Gasteiger partial charge is 0.486 e. The molecular weight excluding hydrogens is 442 g/mol. The van der Waals surface area contributed by atoms with E-state index in [0.717, 1.165) is 66.5 Å². The van der Waals surface area contributed by atoms with Crippen molar-refractivity contribution in [2.75, 3.05) is 39.4 Å².